The normalized spacial score (nSPS) is 11.9. The Hall–Kier alpha value is -4.13. The molecule has 0 fully saturated rings. The van der Waals surface area contributed by atoms with Gasteiger partial charge in [0.05, 0.1) is 13.5 Å². The van der Waals surface area contributed by atoms with Crippen molar-refractivity contribution in [3.05, 3.63) is 77.5 Å². The number of ether oxygens (including phenoxy) is 1. The van der Waals surface area contributed by atoms with Crippen LogP contribution in [0, 0.1) is 6.92 Å². The molecule has 7 heteroatoms. The van der Waals surface area contributed by atoms with Gasteiger partial charge in [0.25, 0.3) is 0 Å². The molecule has 4 rings (SSSR count). The van der Waals surface area contributed by atoms with Gasteiger partial charge in [0, 0.05) is 29.6 Å². The number of nitrogens with one attached hydrogen (secondary N) is 3. The van der Waals surface area contributed by atoms with E-state index < -0.39 is 6.04 Å². The number of aromatic nitrogens is 1. The van der Waals surface area contributed by atoms with E-state index in [0.29, 0.717) is 19.4 Å². The molecule has 3 aromatic carbocycles. The highest BCUT2D eigenvalue weighted by molar-refractivity contribution is 5.93. The van der Waals surface area contributed by atoms with Crippen molar-refractivity contribution in [2.45, 2.75) is 65.0 Å². The van der Waals surface area contributed by atoms with Crippen LogP contribution < -0.4 is 15.4 Å². The quantitative estimate of drug-likeness (QED) is 0.199. The Bertz CT molecular complexity index is 1470. The number of carbonyl (C=O) groups excluding carboxylic acids is 3. The lowest BCUT2D eigenvalue weighted by Gasteiger charge is -2.19. The number of amides is 2. The van der Waals surface area contributed by atoms with E-state index in [0.717, 1.165) is 63.5 Å². The number of unbranched alkanes of at least 4 members (excludes halogenated alkanes) is 2. The van der Waals surface area contributed by atoms with Crippen molar-refractivity contribution in [2.75, 3.05) is 7.11 Å². The number of carbonyl (C=O) groups is 3. The van der Waals surface area contributed by atoms with Crippen molar-refractivity contribution in [3.63, 3.8) is 0 Å². The number of hydrogen-bond donors (Lipinski definition) is 3. The van der Waals surface area contributed by atoms with Crippen LogP contribution >= 0.6 is 0 Å². The molecule has 39 heavy (non-hydrogen) atoms. The molecule has 1 aromatic heterocycles. The van der Waals surface area contributed by atoms with Crippen LogP contribution in [0.1, 0.15) is 55.8 Å². The molecule has 0 spiro atoms. The Balaban J connectivity index is 1.45. The summed E-state index contributed by atoms with van der Waals surface area (Å²) in [5, 5.41) is 9.17. The number of hydrogen-bond acceptors (Lipinski definition) is 4. The fourth-order valence-corrected chi connectivity index (χ4v) is 5.04. The minimum Gasteiger partial charge on any atom is -0.497 e. The summed E-state index contributed by atoms with van der Waals surface area (Å²) in [5.74, 6) is 0.467. The molecule has 0 aliphatic carbocycles. The first-order valence-corrected chi connectivity index (χ1v) is 13.5. The third kappa shape index (κ3) is 7.25. The monoisotopic (exact) mass is 527 g/mol. The van der Waals surface area contributed by atoms with Crippen LogP contribution in [0.25, 0.3) is 21.7 Å². The van der Waals surface area contributed by atoms with Crippen LogP contribution in [-0.4, -0.2) is 35.7 Å². The van der Waals surface area contributed by atoms with Crippen molar-refractivity contribution in [1.29, 1.82) is 0 Å². The number of Topliss-reactive ketones (excluding diaryl/α,β-unsaturated/α-hetero) is 1. The maximum absolute atomic E-state index is 13.3. The van der Waals surface area contributed by atoms with E-state index in [4.69, 9.17) is 4.74 Å². The van der Waals surface area contributed by atoms with Crippen LogP contribution in [0.2, 0.25) is 0 Å². The van der Waals surface area contributed by atoms with E-state index in [1.165, 1.54) is 0 Å². The molecule has 2 amide bonds. The summed E-state index contributed by atoms with van der Waals surface area (Å²) in [6.07, 6.45) is 3.53. The number of aryl methyl sites for hydroxylation is 1. The van der Waals surface area contributed by atoms with Crippen molar-refractivity contribution < 1.29 is 19.1 Å². The Morgan fingerprint density at radius 2 is 1.74 bits per heavy atom. The molecule has 1 heterocycles. The van der Waals surface area contributed by atoms with Gasteiger partial charge in [-0.1, -0.05) is 55.3 Å². The third-order valence-electron chi connectivity index (χ3n) is 7.17. The van der Waals surface area contributed by atoms with Gasteiger partial charge in [-0.2, -0.15) is 0 Å². The summed E-state index contributed by atoms with van der Waals surface area (Å²) < 4.78 is 5.37. The summed E-state index contributed by atoms with van der Waals surface area (Å²) in [7, 11) is 1.62. The van der Waals surface area contributed by atoms with Gasteiger partial charge in [-0.3, -0.25) is 9.59 Å². The highest BCUT2D eigenvalue weighted by Gasteiger charge is 2.22. The number of rotatable bonds is 13. The van der Waals surface area contributed by atoms with Crippen LogP contribution in [0.5, 0.6) is 5.75 Å². The average Bonchev–Trinajstić information content (AvgIpc) is 3.24. The van der Waals surface area contributed by atoms with Crippen molar-refractivity contribution >= 4 is 39.3 Å². The lowest BCUT2D eigenvalue weighted by molar-refractivity contribution is -0.129. The van der Waals surface area contributed by atoms with E-state index in [9.17, 15) is 14.4 Å². The minimum absolute atomic E-state index is 0.149. The standard InChI is InChI=1S/C32H37N3O4/c1-21(36)10-5-4-6-15-30(32(38)33-20-24-13-9-12-23-11-7-8-14-26(23)24)35-31(37)19-27-22(2)34-29-17-16-25(39-3)18-28(27)29/h7-9,11-14,16-18,30,34H,4-6,10,15,19-20H2,1-3H3,(H,33,38)(H,35,37). The predicted octanol–water partition coefficient (Wildman–Crippen LogP) is 5.52. The highest BCUT2D eigenvalue weighted by atomic mass is 16.5. The molecular formula is C32H37N3O4. The first-order chi connectivity index (χ1) is 18.9. The van der Waals surface area contributed by atoms with Crippen LogP contribution in [0.4, 0.5) is 0 Å². The second kappa shape index (κ2) is 13.1. The zero-order valence-electron chi connectivity index (χ0n) is 22.9. The maximum Gasteiger partial charge on any atom is 0.242 e. The highest BCUT2D eigenvalue weighted by Crippen LogP contribution is 2.27. The second-order valence-corrected chi connectivity index (χ2v) is 10.1. The summed E-state index contributed by atoms with van der Waals surface area (Å²) in [5.41, 5.74) is 3.76. The Morgan fingerprint density at radius 3 is 2.54 bits per heavy atom. The number of ketones is 1. The van der Waals surface area contributed by atoms with Gasteiger partial charge < -0.3 is 25.1 Å². The van der Waals surface area contributed by atoms with Gasteiger partial charge in [-0.15, -0.1) is 0 Å². The molecule has 0 aliphatic rings. The van der Waals surface area contributed by atoms with Crippen LogP contribution in [0.15, 0.2) is 60.7 Å². The molecule has 4 aromatic rings. The van der Waals surface area contributed by atoms with Gasteiger partial charge in [0.2, 0.25) is 11.8 Å². The Labute approximate surface area is 229 Å². The fourth-order valence-electron chi connectivity index (χ4n) is 5.04. The predicted molar refractivity (Wildman–Crippen MR) is 155 cm³/mol. The van der Waals surface area contributed by atoms with Crippen molar-refractivity contribution in [3.8, 4) is 5.75 Å². The van der Waals surface area contributed by atoms with Gasteiger partial charge in [-0.25, -0.2) is 0 Å². The van der Waals surface area contributed by atoms with Crippen molar-refractivity contribution in [2.24, 2.45) is 0 Å². The topological polar surface area (TPSA) is 100 Å². The number of methoxy groups -OCH3 is 1. The molecule has 0 saturated heterocycles. The summed E-state index contributed by atoms with van der Waals surface area (Å²) in [4.78, 5) is 41.2. The number of aromatic amines is 1. The molecule has 7 nitrogen and oxygen atoms in total. The fraction of sp³-hybridized carbons (Fsp3) is 0.344. The van der Waals surface area contributed by atoms with Crippen molar-refractivity contribution in [1.82, 2.24) is 15.6 Å². The van der Waals surface area contributed by atoms with Gasteiger partial charge in [0.1, 0.15) is 17.6 Å². The van der Waals surface area contributed by atoms with Crippen LogP contribution in [0.3, 0.4) is 0 Å². The molecule has 0 bridgehead atoms. The average molecular weight is 528 g/mol. The number of fused-ring (bicyclic) bond motifs is 2. The first-order valence-electron chi connectivity index (χ1n) is 13.5. The lowest BCUT2D eigenvalue weighted by atomic mass is 10.0. The maximum atomic E-state index is 13.3. The van der Waals surface area contributed by atoms with Crippen LogP contribution in [-0.2, 0) is 27.3 Å². The summed E-state index contributed by atoms with van der Waals surface area (Å²) >= 11 is 0. The Morgan fingerprint density at radius 1 is 0.949 bits per heavy atom. The largest absolute Gasteiger partial charge is 0.497 e. The zero-order chi connectivity index (χ0) is 27.8. The minimum atomic E-state index is -0.662. The molecule has 0 aliphatic heterocycles. The first kappa shape index (κ1) is 27.9. The molecule has 0 saturated carbocycles. The van der Waals surface area contributed by atoms with E-state index in [2.05, 4.69) is 15.6 Å². The molecule has 3 N–H and O–H groups in total. The molecule has 0 radical (unpaired) electrons. The number of benzene rings is 3. The molecule has 1 atom stereocenters. The summed E-state index contributed by atoms with van der Waals surface area (Å²) in [6.45, 7) is 3.91. The van der Waals surface area contributed by atoms with E-state index in [1.54, 1.807) is 14.0 Å². The van der Waals surface area contributed by atoms with Gasteiger partial charge in [0.15, 0.2) is 0 Å². The van der Waals surface area contributed by atoms with Gasteiger partial charge in [-0.05, 0) is 66.8 Å². The van der Waals surface area contributed by atoms with E-state index in [1.807, 2.05) is 67.6 Å². The lowest BCUT2D eigenvalue weighted by Crippen LogP contribution is -2.47. The van der Waals surface area contributed by atoms with E-state index >= 15 is 0 Å². The molecular weight excluding hydrogens is 490 g/mol. The smallest absolute Gasteiger partial charge is 0.242 e. The van der Waals surface area contributed by atoms with Gasteiger partial charge >= 0.3 is 0 Å². The number of H-pyrrole nitrogens is 1. The Kier molecular flexibility index (Phi) is 9.36. The molecule has 204 valence electrons. The SMILES string of the molecule is COc1ccc2[nH]c(C)c(CC(=O)NC(CCCCCC(C)=O)C(=O)NCc3cccc4ccccc34)c2c1. The van der Waals surface area contributed by atoms with E-state index in [-0.39, 0.29) is 24.0 Å². The third-order valence-corrected chi connectivity index (χ3v) is 7.17. The second-order valence-electron chi connectivity index (χ2n) is 10.1. The molecule has 1 unspecified atom stereocenters. The summed E-state index contributed by atoms with van der Waals surface area (Å²) in [6, 6.07) is 19.2. The zero-order valence-corrected chi connectivity index (χ0v) is 22.9.